The number of carbonyl (C=O) groups is 1. The summed E-state index contributed by atoms with van der Waals surface area (Å²) in [6.07, 6.45) is 3.41. The van der Waals surface area contributed by atoms with Crippen LogP contribution in [0.5, 0.6) is 0 Å². The van der Waals surface area contributed by atoms with Crippen LogP contribution in [0.1, 0.15) is 40.0 Å². The van der Waals surface area contributed by atoms with Gasteiger partial charge in [0.05, 0.1) is 10.6 Å². The summed E-state index contributed by atoms with van der Waals surface area (Å²) in [6.45, 7) is 7.84. The molecule has 0 unspecified atom stereocenters. The Morgan fingerprint density at radius 1 is 1.38 bits per heavy atom. The van der Waals surface area contributed by atoms with Gasteiger partial charge in [-0.15, -0.1) is 21.5 Å². The third-order valence-corrected chi connectivity index (χ3v) is 7.26. The number of nitrogens with zero attached hydrogens (tertiary/aromatic N) is 4. The average Bonchev–Trinajstić information content (AvgIpc) is 3.23. The number of thioether (sulfide) groups is 1. The van der Waals surface area contributed by atoms with Gasteiger partial charge in [-0.2, -0.15) is 0 Å². The van der Waals surface area contributed by atoms with Crippen LogP contribution in [0.25, 0.3) is 10.7 Å². The van der Waals surface area contributed by atoms with E-state index in [4.69, 9.17) is 5.84 Å². The molecule has 1 saturated heterocycles. The molecule has 1 amide bonds. The highest BCUT2D eigenvalue weighted by molar-refractivity contribution is 7.99. The minimum absolute atomic E-state index is 0.182. The maximum Gasteiger partial charge on any atom is 0.233 e. The summed E-state index contributed by atoms with van der Waals surface area (Å²) in [7, 11) is 0. The number of hydrogen-bond acceptors (Lipinski definition) is 6. The zero-order valence-electron chi connectivity index (χ0n) is 15.4. The summed E-state index contributed by atoms with van der Waals surface area (Å²) >= 11 is 2.94. The van der Waals surface area contributed by atoms with Crippen LogP contribution in [0.3, 0.4) is 0 Å². The molecule has 1 aliphatic carbocycles. The quantitative estimate of drug-likeness (QED) is 0.639. The number of nitrogens with two attached hydrogens (primary N) is 1. The van der Waals surface area contributed by atoms with Crippen LogP contribution in [-0.4, -0.2) is 44.0 Å². The molecule has 26 heavy (non-hydrogen) atoms. The van der Waals surface area contributed by atoms with Crippen molar-refractivity contribution in [1.29, 1.82) is 0 Å². The van der Waals surface area contributed by atoms with Gasteiger partial charge in [0.15, 0.2) is 5.82 Å². The molecular formula is C18H25N5OS2. The fourth-order valence-electron chi connectivity index (χ4n) is 4.91. The molecule has 0 spiro atoms. The normalized spacial score (nSPS) is 27.0. The Hall–Kier alpha value is -1.54. The number of thiophene rings is 1. The third kappa shape index (κ3) is 3.24. The zero-order chi connectivity index (χ0) is 18.5. The summed E-state index contributed by atoms with van der Waals surface area (Å²) in [5, 5.41) is 10.9. The van der Waals surface area contributed by atoms with Crippen molar-refractivity contribution in [3.05, 3.63) is 17.5 Å². The summed E-state index contributed by atoms with van der Waals surface area (Å²) in [6, 6.07) is 4.29. The van der Waals surface area contributed by atoms with Crippen molar-refractivity contribution in [1.82, 2.24) is 19.8 Å². The molecule has 1 aliphatic heterocycles. The summed E-state index contributed by atoms with van der Waals surface area (Å²) in [5.74, 6) is 7.31. The van der Waals surface area contributed by atoms with E-state index in [-0.39, 0.29) is 11.3 Å². The highest BCUT2D eigenvalue weighted by Crippen LogP contribution is 2.52. The second-order valence-corrected chi connectivity index (χ2v) is 10.6. The minimum atomic E-state index is 0.182. The van der Waals surface area contributed by atoms with E-state index in [0.29, 0.717) is 28.2 Å². The molecule has 4 rings (SSSR count). The lowest BCUT2D eigenvalue weighted by molar-refractivity contribution is -0.129. The summed E-state index contributed by atoms with van der Waals surface area (Å²) in [4.78, 5) is 15.9. The first-order valence-electron chi connectivity index (χ1n) is 8.93. The van der Waals surface area contributed by atoms with Crippen molar-refractivity contribution >= 4 is 29.0 Å². The van der Waals surface area contributed by atoms with E-state index in [1.165, 1.54) is 22.9 Å². The fourth-order valence-corrected chi connectivity index (χ4v) is 6.36. The topological polar surface area (TPSA) is 77.0 Å². The molecule has 2 aromatic rings. The van der Waals surface area contributed by atoms with E-state index < -0.39 is 0 Å². The Labute approximate surface area is 162 Å². The van der Waals surface area contributed by atoms with Gasteiger partial charge in [-0.25, -0.2) is 4.68 Å². The first-order valence-corrected chi connectivity index (χ1v) is 10.8. The largest absolute Gasteiger partial charge is 0.338 e. The molecule has 2 aliphatic rings. The molecule has 2 atom stereocenters. The molecule has 0 aromatic carbocycles. The maximum absolute atomic E-state index is 12.9. The highest BCUT2D eigenvalue weighted by Gasteiger charge is 2.50. The van der Waals surface area contributed by atoms with E-state index in [1.54, 1.807) is 11.3 Å². The second-order valence-electron chi connectivity index (χ2n) is 8.68. The number of rotatable bonds is 4. The predicted molar refractivity (Wildman–Crippen MR) is 105 cm³/mol. The van der Waals surface area contributed by atoms with Crippen molar-refractivity contribution in [2.75, 3.05) is 18.1 Å². The van der Waals surface area contributed by atoms with Gasteiger partial charge in [0, 0.05) is 12.6 Å². The first-order chi connectivity index (χ1) is 12.3. The number of aromatic nitrogens is 3. The van der Waals surface area contributed by atoms with Crippen LogP contribution in [0, 0.1) is 10.8 Å². The van der Waals surface area contributed by atoms with Gasteiger partial charge in [-0.05, 0) is 41.5 Å². The number of fused-ring (bicyclic) bond motifs is 2. The Kier molecular flexibility index (Phi) is 4.30. The lowest BCUT2D eigenvalue weighted by Gasteiger charge is -2.39. The van der Waals surface area contributed by atoms with Crippen molar-refractivity contribution in [3.8, 4) is 10.7 Å². The summed E-state index contributed by atoms with van der Waals surface area (Å²) in [5.41, 5.74) is 0.569. The van der Waals surface area contributed by atoms with Gasteiger partial charge in [0.2, 0.25) is 11.1 Å². The Balaban J connectivity index is 1.42. The smallest absolute Gasteiger partial charge is 0.233 e. The fraction of sp³-hybridized carbons (Fsp3) is 0.611. The molecule has 2 N–H and O–H groups in total. The zero-order valence-corrected chi connectivity index (χ0v) is 17.1. The monoisotopic (exact) mass is 391 g/mol. The van der Waals surface area contributed by atoms with Crippen molar-refractivity contribution < 1.29 is 4.79 Å². The Morgan fingerprint density at radius 3 is 2.92 bits per heavy atom. The Bertz CT molecular complexity index is 816. The highest BCUT2D eigenvalue weighted by atomic mass is 32.2. The average molecular weight is 392 g/mol. The maximum atomic E-state index is 12.9. The molecule has 3 heterocycles. The molecule has 140 valence electrons. The van der Waals surface area contributed by atoms with Crippen LogP contribution in [0.15, 0.2) is 22.7 Å². The van der Waals surface area contributed by atoms with E-state index in [1.807, 2.05) is 17.5 Å². The lowest BCUT2D eigenvalue weighted by atomic mass is 9.65. The van der Waals surface area contributed by atoms with E-state index in [9.17, 15) is 4.79 Å². The molecule has 6 nitrogen and oxygen atoms in total. The van der Waals surface area contributed by atoms with Crippen molar-refractivity contribution in [3.63, 3.8) is 0 Å². The van der Waals surface area contributed by atoms with Crippen molar-refractivity contribution in [2.24, 2.45) is 10.8 Å². The molecule has 0 radical (unpaired) electrons. The summed E-state index contributed by atoms with van der Waals surface area (Å²) < 4.78 is 1.48. The third-order valence-electron chi connectivity index (χ3n) is 5.47. The van der Waals surface area contributed by atoms with Crippen LogP contribution in [-0.2, 0) is 4.79 Å². The van der Waals surface area contributed by atoms with E-state index in [2.05, 4.69) is 35.9 Å². The van der Waals surface area contributed by atoms with Crippen LogP contribution in [0.4, 0.5) is 0 Å². The SMILES string of the molecule is CC1(C)C[C@H]2C[C@](C)(CN2C(=O)CSc2nnc(-c3cccs3)n2N)C1. The molecular weight excluding hydrogens is 366 g/mol. The molecule has 2 bridgehead atoms. The van der Waals surface area contributed by atoms with Gasteiger partial charge in [-0.3, -0.25) is 4.79 Å². The predicted octanol–water partition coefficient (Wildman–Crippen LogP) is 3.24. The number of amides is 1. The molecule has 1 saturated carbocycles. The molecule has 2 fully saturated rings. The standard InChI is InChI=1S/C18H25N5OS2/c1-17(2)7-12-8-18(3,10-17)11-22(12)14(24)9-26-16-21-20-15(23(16)19)13-5-4-6-25-13/h4-6,12H,7-11,19H2,1-3H3/t12-,18-/m0/s1. The van der Waals surface area contributed by atoms with Gasteiger partial charge in [-0.1, -0.05) is 38.6 Å². The second kappa shape index (κ2) is 6.27. The number of carbonyl (C=O) groups excluding carboxylic acids is 1. The first kappa shape index (κ1) is 17.9. The number of nitrogen functional groups attached to an aromatic ring is 1. The lowest BCUT2D eigenvalue weighted by Crippen LogP contribution is -2.38. The van der Waals surface area contributed by atoms with Crippen LogP contribution < -0.4 is 5.84 Å². The van der Waals surface area contributed by atoms with Crippen molar-refractivity contribution in [2.45, 2.75) is 51.2 Å². The molecule has 8 heteroatoms. The van der Waals surface area contributed by atoms with Gasteiger partial charge >= 0.3 is 0 Å². The van der Waals surface area contributed by atoms with Crippen LogP contribution in [0.2, 0.25) is 0 Å². The van der Waals surface area contributed by atoms with Crippen LogP contribution >= 0.6 is 23.1 Å². The number of hydrogen-bond donors (Lipinski definition) is 1. The van der Waals surface area contributed by atoms with Gasteiger partial charge < -0.3 is 10.7 Å². The number of likely N-dealkylation sites (tertiary alicyclic amines) is 1. The van der Waals surface area contributed by atoms with Gasteiger partial charge in [0.25, 0.3) is 0 Å². The van der Waals surface area contributed by atoms with E-state index >= 15 is 0 Å². The van der Waals surface area contributed by atoms with E-state index in [0.717, 1.165) is 24.3 Å². The minimum Gasteiger partial charge on any atom is -0.338 e. The van der Waals surface area contributed by atoms with Gasteiger partial charge in [0.1, 0.15) is 0 Å². The molecule has 2 aromatic heterocycles. The Morgan fingerprint density at radius 2 is 2.19 bits per heavy atom.